The highest BCUT2D eigenvalue weighted by atomic mass is 35.5. The lowest BCUT2D eigenvalue weighted by Crippen LogP contribution is -2.06. The van der Waals surface area contributed by atoms with Gasteiger partial charge >= 0.3 is 6.18 Å². The summed E-state index contributed by atoms with van der Waals surface area (Å²) in [6, 6.07) is 10.9. The normalized spacial score (nSPS) is 12.7. The fourth-order valence-electron chi connectivity index (χ4n) is 1.90. The third kappa shape index (κ3) is 4.13. The average Bonchev–Trinajstić information content (AvgIpc) is 2.38. The van der Waals surface area contributed by atoms with Gasteiger partial charge in [0.05, 0.1) is 10.6 Å². The number of benzene rings is 2. The summed E-state index contributed by atoms with van der Waals surface area (Å²) in [6.07, 6.45) is -4.46. The molecule has 0 amide bonds. The Balaban J connectivity index is 0.00000220. The van der Waals surface area contributed by atoms with Gasteiger partial charge in [0.1, 0.15) is 0 Å². The van der Waals surface area contributed by atoms with Crippen LogP contribution in [0.5, 0.6) is 0 Å². The van der Waals surface area contributed by atoms with E-state index in [1.54, 1.807) is 18.2 Å². The molecule has 0 aliphatic heterocycles. The zero-order valence-corrected chi connectivity index (χ0v) is 12.7. The van der Waals surface area contributed by atoms with Gasteiger partial charge < -0.3 is 5.73 Å². The summed E-state index contributed by atoms with van der Waals surface area (Å²) < 4.78 is 38.4. The zero-order valence-electron chi connectivity index (χ0n) is 11.1. The number of hydrogen-bond donors (Lipinski definition) is 1. The number of nitrogens with two attached hydrogens (primary N) is 1. The summed E-state index contributed by atoms with van der Waals surface area (Å²) in [5, 5.41) is -0.298. The average molecular weight is 336 g/mol. The largest absolute Gasteiger partial charge is 0.417 e. The van der Waals surface area contributed by atoms with Gasteiger partial charge in [-0.3, -0.25) is 0 Å². The molecule has 1 nitrogen and oxygen atoms in total. The molecular weight excluding hydrogens is 322 g/mol. The lowest BCUT2D eigenvalue weighted by atomic mass is 10.00. The van der Waals surface area contributed by atoms with E-state index in [4.69, 9.17) is 17.3 Å². The van der Waals surface area contributed by atoms with Crippen LogP contribution in [0.25, 0.3) is 11.1 Å². The van der Waals surface area contributed by atoms with Gasteiger partial charge in [0, 0.05) is 6.04 Å². The van der Waals surface area contributed by atoms with Gasteiger partial charge in [0.2, 0.25) is 0 Å². The lowest BCUT2D eigenvalue weighted by Gasteiger charge is -2.12. The van der Waals surface area contributed by atoms with Gasteiger partial charge in [-0.2, -0.15) is 13.2 Å². The predicted octanol–water partition coefficient (Wildman–Crippen LogP) is 5.47. The second kappa shape index (κ2) is 6.69. The topological polar surface area (TPSA) is 26.0 Å². The fourth-order valence-corrected chi connectivity index (χ4v) is 2.13. The van der Waals surface area contributed by atoms with E-state index >= 15 is 0 Å². The minimum Gasteiger partial charge on any atom is -0.324 e. The van der Waals surface area contributed by atoms with Crippen molar-refractivity contribution in [3.8, 4) is 11.1 Å². The summed E-state index contributed by atoms with van der Waals surface area (Å²) in [6.45, 7) is 1.85. The summed E-state index contributed by atoms with van der Waals surface area (Å²) in [4.78, 5) is 0. The second-order valence-corrected chi connectivity index (χ2v) is 5.01. The van der Waals surface area contributed by atoms with Crippen LogP contribution in [-0.4, -0.2) is 0 Å². The first-order valence-corrected chi connectivity index (χ1v) is 6.39. The van der Waals surface area contributed by atoms with Crippen LogP contribution in [0.1, 0.15) is 24.1 Å². The highest BCUT2D eigenvalue weighted by Crippen LogP contribution is 2.37. The standard InChI is InChI=1S/C15H13ClF3N.ClH/c1-9(20)10-2-4-11(5-3-10)12-6-7-14(16)13(8-12)15(17,18)19;/h2-9H,20H2,1H3;1H. The number of halogens is 5. The minimum absolute atomic E-state index is 0. The quantitative estimate of drug-likeness (QED) is 0.773. The molecule has 2 N–H and O–H groups in total. The van der Waals surface area contributed by atoms with E-state index in [-0.39, 0.29) is 23.5 Å². The van der Waals surface area contributed by atoms with Gasteiger partial charge in [-0.1, -0.05) is 41.9 Å². The van der Waals surface area contributed by atoms with Gasteiger partial charge in [-0.25, -0.2) is 0 Å². The highest BCUT2D eigenvalue weighted by Gasteiger charge is 2.33. The van der Waals surface area contributed by atoms with Crippen LogP contribution >= 0.6 is 24.0 Å². The number of alkyl halides is 3. The summed E-state index contributed by atoms with van der Waals surface area (Å²) in [7, 11) is 0. The number of hydrogen-bond acceptors (Lipinski definition) is 1. The van der Waals surface area contributed by atoms with Crippen molar-refractivity contribution in [3.05, 3.63) is 58.6 Å². The Hall–Kier alpha value is -1.23. The summed E-state index contributed by atoms with van der Waals surface area (Å²) in [5.74, 6) is 0. The summed E-state index contributed by atoms with van der Waals surface area (Å²) in [5.41, 5.74) is 7.00. The first-order valence-electron chi connectivity index (χ1n) is 6.01. The van der Waals surface area contributed by atoms with Crippen LogP contribution in [0.15, 0.2) is 42.5 Å². The molecule has 2 aromatic carbocycles. The molecule has 0 fully saturated rings. The second-order valence-electron chi connectivity index (χ2n) is 4.60. The Kier molecular flexibility index (Phi) is 5.68. The summed E-state index contributed by atoms with van der Waals surface area (Å²) >= 11 is 5.60. The molecule has 0 radical (unpaired) electrons. The van der Waals surface area contributed by atoms with Crippen molar-refractivity contribution < 1.29 is 13.2 Å². The molecule has 0 spiro atoms. The minimum atomic E-state index is -4.46. The smallest absolute Gasteiger partial charge is 0.324 e. The van der Waals surface area contributed by atoms with Crippen molar-refractivity contribution in [2.24, 2.45) is 5.73 Å². The highest BCUT2D eigenvalue weighted by molar-refractivity contribution is 6.31. The third-order valence-corrected chi connectivity index (χ3v) is 3.37. The van der Waals surface area contributed by atoms with Crippen molar-refractivity contribution in [2.45, 2.75) is 19.1 Å². The van der Waals surface area contributed by atoms with Gasteiger partial charge in [0.25, 0.3) is 0 Å². The molecule has 0 bridgehead atoms. The van der Waals surface area contributed by atoms with Crippen LogP contribution in [0.2, 0.25) is 5.02 Å². The Morgan fingerprint density at radius 3 is 2.00 bits per heavy atom. The maximum atomic E-state index is 12.8. The lowest BCUT2D eigenvalue weighted by molar-refractivity contribution is -0.137. The molecule has 0 saturated heterocycles. The van der Waals surface area contributed by atoms with E-state index in [2.05, 4.69) is 0 Å². The Morgan fingerprint density at radius 1 is 1.00 bits per heavy atom. The van der Waals surface area contributed by atoms with E-state index in [0.29, 0.717) is 11.1 Å². The molecule has 6 heteroatoms. The predicted molar refractivity (Wildman–Crippen MR) is 81.7 cm³/mol. The monoisotopic (exact) mass is 335 g/mol. The number of rotatable bonds is 2. The van der Waals surface area contributed by atoms with E-state index in [1.165, 1.54) is 6.07 Å². The molecular formula is C15H14Cl2F3N. The van der Waals surface area contributed by atoms with Crippen LogP contribution in [0, 0.1) is 0 Å². The molecule has 0 aromatic heterocycles. The third-order valence-electron chi connectivity index (χ3n) is 3.04. The first kappa shape index (κ1) is 17.8. The maximum absolute atomic E-state index is 12.8. The molecule has 0 heterocycles. The molecule has 0 saturated carbocycles. The van der Waals surface area contributed by atoms with Crippen molar-refractivity contribution in [2.75, 3.05) is 0 Å². The molecule has 114 valence electrons. The van der Waals surface area contributed by atoms with Crippen molar-refractivity contribution in [1.82, 2.24) is 0 Å². The molecule has 2 rings (SSSR count). The van der Waals surface area contributed by atoms with Gasteiger partial charge in [-0.05, 0) is 35.7 Å². The molecule has 1 unspecified atom stereocenters. The van der Waals surface area contributed by atoms with Crippen LogP contribution in [-0.2, 0) is 6.18 Å². The zero-order chi connectivity index (χ0) is 14.9. The van der Waals surface area contributed by atoms with Crippen LogP contribution < -0.4 is 5.73 Å². The van der Waals surface area contributed by atoms with E-state index in [1.807, 2.05) is 19.1 Å². The first-order chi connectivity index (χ1) is 9.29. The molecule has 21 heavy (non-hydrogen) atoms. The van der Waals surface area contributed by atoms with Gasteiger partial charge in [0.15, 0.2) is 0 Å². The Bertz CT molecular complexity index is 607. The molecule has 2 aromatic rings. The molecule has 1 atom stereocenters. The SMILES string of the molecule is CC(N)c1ccc(-c2ccc(Cl)c(C(F)(F)F)c2)cc1.Cl. The van der Waals surface area contributed by atoms with E-state index in [0.717, 1.165) is 11.6 Å². The van der Waals surface area contributed by atoms with Crippen LogP contribution in [0.3, 0.4) is 0 Å². The maximum Gasteiger partial charge on any atom is 0.417 e. The van der Waals surface area contributed by atoms with E-state index < -0.39 is 11.7 Å². The Morgan fingerprint density at radius 2 is 1.52 bits per heavy atom. The molecule has 0 aliphatic rings. The van der Waals surface area contributed by atoms with E-state index in [9.17, 15) is 13.2 Å². The molecule has 0 aliphatic carbocycles. The Labute approximate surface area is 132 Å². The van der Waals surface area contributed by atoms with Crippen molar-refractivity contribution >= 4 is 24.0 Å². The van der Waals surface area contributed by atoms with Crippen molar-refractivity contribution in [3.63, 3.8) is 0 Å². The fraction of sp³-hybridized carbons (Fsp3) is 0.200. The van der Waals surface area contributed by atoms with Crippen molar-refractivity contribution in [1.29, 1.82) is 0 Å². The van der Waals surface area contributed by atoms with Gasteiger partial charge in [-0.15, -0.1) is 12.4 Å². The van der Waals surface area contributed by atoms with Crippen LogP contribution in [0.4, 0.5) is 13.2 Å².